The van der Waals surface area contributed by atoms with Crippen LogP contribution in [-0.2, 0) is 17.4 Å². The van der Waals surface area contributed by atoms with Crippen LogP contribution in [0.2, 0.25) is 0 Å². The molecule has 132 valence electrons. The molecule has 0 heterocycles. The Morgan fingerprint density at radius 3 is 2.36 bits per heavy atom. The van der Waals surface area contributed by atoms with E-state index in [1.165, 1.54) is 24.3 Å². The van der Waals surface area contributed by atoms with Gasteiger partial charge in [0, 0.05) is 12.0 Å². The minimum atomic E-state index is -4.65. The molecule has 8 heteroatoms. The number of amides is 1. The Morgan fingerprint density at radius 1 is 1.08 bits per heavy atom. The Morgan fingerprint density at radius 2 is 1.76 bits per heavy atom. The average Bonchev–Trinajstić information content (AvgIpc) is 2.53. The van der Waals surface area contributed by atoms with Gasteiger partial charge >= 0.3 is 12.1 Å². The van der Waals surface area contributed by atoms with E-state index in [4.69, 9.17) is 0 Å². The molecule has 2 aromatic rings. The van der Waals surface area contributed by atoms with Crippen molar-refractivity contribution in [3.8, 4) is 0 Å². The summed E-state index contributed by atoms with van der Waals surface area (Å²) in [6, 6.07) is 7.45. The maximum atomic E-state index is 13.1. The lowest BCUT2D eigenvalue weighted by Crippen LogP contribution is -2.42. The van der Waals surface area contributed by atoms with Crippen LogP contribution in [0.3, 0.4) is 0 Å². The lowest BCUT2D eigenvalue weighted by Gasteiger charge is -2.18. The van der Waals surface area contributed by atoms with Gasteiger partial charge in [-0.15, -0.1) is 0 Å². The van der Waals surface area contributed by atoms with Gasteiger partial charge in [0.25, 0.3) is 5.91 Å². The van der Waals surface area contributed by atoms with Crippen LogP contribution in [0.4, 0.5) is 17.6 Å². The number of rotatable bonds is 5. The molecular formula is C17H13F4NO3. The molecule has 4 nitrogen and oxygen atoms in total. The summed E-state index contributed by atoms with van der Waals surface area (Å²) in [5, 5.41) is 11.3. The maximum Gasteiger partial charge on any atom is 0.416 e. The highest BCUT2D eigenvalue weighted by Gasteiger charge is 2.34. The van der Waals surface area contributed by atoms with Crippen molar-refractivity contribution in [1.82, 2.24) is 5.32 Å². The van der Waals surface area contributed by atoms with Gasteiger partial charge in [-0.1, -0.05) is 24.3 Å². The maximum absolute atomic E-state index is 13.1. The second kappa shape index (κ2) is 7.33. The molecule has 0 aliphatic carbocycles. The van der Waals surface area contributed by atoms with E-state index in [9.17, 15) is 32.3 Å². The van der Waals surface area contributed by atoms with Crippen LogP contribution in [0.15, 0.2) is 48.5 Å². The van der Waals surface area contributed by atoms with E-state index in [0.717, 1.165) is 24.3 Å². The SMILES string of the molecule is O=C(N[C@@H](Cc1ccccc1C(F)(F)F)C(=O)O)c1cccc(F)c1. The Hall–Kier alpha value is -2.90. The minimum absolute atomic E-state index is 0.129. The van der Waals surface area contributed by atoms with Crippen molar-refractivity contribution in [2.24, 2.45) is 0 Å². The lowest BCUT2D eigenvalue weighted by molar-refractivity contribution is -0.141. The molecule has 0 unspecified atom stereocenters. The number of alkyl halides is 3. The third-order valence-corrected chi connectivity index (χ3v) is 3.44. The summed E-state index contributed by atoms with van der Waals surface area (Å²) >= 11 is 0. The van der Waals surface area contributed by atoms with Crippen molar-refractivity contribution in [1.29, 1.82) is 0 Å². The van der Waals surface area contributed by atoms with Crippen molar-refractivity contribution >= 4 is 11.9 Å². The van der Waals surface area contributed by atoms with Gasteiger partial charge in [0.2, 0.25) is 0 Å². The molecule has 0 aliphatic rings. The molecule has 2 N–H and O–H groups in total. The molecule has 25 heavy (non-hydrogen) atoms. The van der Waals surface area contributed by atoms with Crippen LogP contribution in [0.25, 0.3) is 0 Å². The first kappa shape index (κ1) is 18.4. The summed E-state index contributed by atoms with van der Waals surface area (Å²) in [6.45, 7) is 0. The Balaban J connectivity index is 2.23. The quantitative estimate of drug-likeness (QED) is 0.809. The number of hydrogen-bond donors (Lipinski definition) is 2. The minimum Gasteiger partial charge on any atom is -0.480 e. The van der Waals surface area contributed by atoms with Gasteiger partial charge in [0.05, 0.1) is 5.56 Å². The number of benzene rings is 2. The van der Waals surface area contributed by atoms with Gasteiger partial charge in [0.15, 0.2) is 0 Å². The highest BCUT2D eigenvalue weighted by molar-refractivity contribution is 5.96. The molecule has 0 fully saturated rings. The molecule has 0 radical (unpaired) electrons. The predicted molar refractivity (Wildman–Crippen MR) is 80.4 cm³/mol. The Labute approximate surface area is 140 Å². The molecule has 0 saturated heterocycles. The van der Waals surface area contributed by atoms with E-state index in [2.05, 4.69) is 5.32 Å². The zero-order chi connectivity index (χ0) is 18.6. The first-order chi connectivity index (χ1) is 11.7. The Kier molecular flexibility index (Phi) is 5.41. The molecule has 0 aliphatic heterocycles. The van der Waals surface area contributed by atoms with Crippen LogP contribution in [0.5, 0.6) is 0 Å². The number of aliphatic carboxylic acids is 1. The number of carboxylic acid groups (broad SMARTS) is 1. The third kappa shape index (κ3) is 4.79. The summed E-state index contributed by atoms with van der Waals surface area (Å²) in [6.07, 6.45) is -5.21. The van der Waals surface area contributed by atoms with Crippen molar-refractivity contribution in [2.45, 2.75) is 18.6 Å². The number of hydrogen-bond acceptors (Lipinski definition) is 2. The molecule has 2 aromatic carbocycles. The molecule has 1 amide bonds. The zero-order valence-corrected chi connectivity index (χ0v) is 12.7. The molecule has 0 bridgehead atoms. The summed E-state index contributed by atoms with van der Waals surface area (Å²) < 4.78 is 52.1. The fraction of sp³-hybridized carbons (Fsp3) is 0.176. The molecule has 2 rings (SSSR count). The van der Waals surface area contributed by atoms with E-state index in [1.54, 1.807) is 0 Å². The number of halogens is 4. The van der Waals surface area contributed by atoms with Gasteiger partial charge in [-0.05, 0) is 29.8 Å². The first-order valence-electron chi connectivity index (χ1n) is 7.13. The fourth-order valence-electron chi connectivity index (χ4n) is 2.27. The Bertz CT molecular complexity index is 789. The van der Waals surface area contributed by atoms with Crippen LogP contribution in [-0.4, -0.2) is 23.0 Å². The highest BCUT2D eigenvalue weighted by Crippen LogP contribution is 2.32. The molecule has 1 atom stereocenters. The number of nitrogens with one attached hydrogen (secondary N) is 1. The monoisotopic (exact) mass is 355 g/mol. The van der Waals surface area contributed by atoms with Gasteiger partial charge in [-0.2, -0.15) is 13.2 Å². The van der Waals surface area contributed by atoms with Crippen LogP contribution >= 0.6 is 0 Å². The van der Waals surface area contributed by atoms with Gasteiger partial charge < -0.3 is 10.4 Å². The van der Waals surface area contributed by atoms with E-state index in [0.29, 0.717) is 0 Å². The summed E-state index contributed by atoms with van der Waals surface area (Å²) in [7, 11) is 0. The number of carboxylic acids is 1. The standard InChI is InChI=1S/C17H13F4NO3/c18-12-6-3-5-11(8-12)15(23)22-14(16(24)25)9-10-4-1-2-7-13(10)17(19,20)21/h1-8,14H,9H2,(H,22,23)(H,24,25)/t14-/m0/s1. The molecular weight excluding hydrogens is 342 g/mol. The largest absolute Gasteiger partial charge is 0.480 e. The fourth-order valence-corrected chi connectivity index (χ4v) is 2.27. The van der Waals surface area contributed by atoms with E-state index < -0.39 is 41.9 Å². The summed E-state index contributed by atoms with van der Waals surface area (Å²) in [5.74, 6) is -3.08. The average molecular weight is 355 g/mol. The topological polar surface area (TPSA) is 66.4 Å². The van der Waals surface area contributed by atoms with Gasteiger partial charge in [-0.25, -0.2) is 9.18 Å². The van der Waals surface area contributed by atoms with E-state index in [1.807, 2.05) is 0 Å². The first-order valence-corrected chi connectivity index (χ1v) is 7.13. The summed E-state index contributed by atoms with van der Waals surface area (Å²) in [4.78, 5) is 23.3. The number of carbonyl (C=O) groups is 2. The molecule has 0 saturated carbocycles. The van der Waals surface area contributed by atoms with Crippen LogP contribution in [0.1, 0.15) is 21.5 Å². The normalized spacial score (nSPS) is 12.5. The van der Waals surface area contributed by atoms with Crippen molar-refractivity contribution in [2.75, 3.05) is 0 Å². The van der Waals surface area contributed by atoms with E-state index >= 15 is 0 Å². The molecule has 0 spiro atoms. The van der Waals surface area contributed by atoms with Crippen LogP contribution < -0.4 is 5.32 Å². The third-order valence-electron chi connectivity index (χ3n) is 3.44. The van der Waals surface area contributed by atoms with Crippen molar-refractivity contribution in [3.05, 3.63) is 71.0 Å². The second-order valence-electron chi connectivity index (χ2n) is 5.23. The highest BCUT2D eigenvalue weighted by atomic mass is 19.4. The predicted octanol–water partition coefficient (Wildman–Crippen LogP) is 3.27. The lowest BCUT2D eigenvalue weighted by atomic mass is 9.99. The number of carbonyl (C=O) groups excluding carboxylic acids is 1. The van der Waals surface area contributed by atoms with E-state index in [-0.39, 0.29) is 11.1 Å². The van der Waals surface area contributed by atoms with Gasteiger partial charge in [0.1, 0.15) is 11.9 Å². The van der Waals surface area contributed by atoms with Crippen molar-refractivity contribution < 1.29 is 32.3 Å². The van der Waals surface area contributed by atoms with Crippen LogP contribution in [0, 0.1) is 5.82 Å². The summed E-state index contributed by atoms with van der Waals surface area (Å²) in [5.41, 5.74) is -1.36. The zero-order valence-electron chi connectivity index (χ0n) is 12.7. The second-order valence-corrected chi connectivity index (χ2v) is 5.23. The molecule has 0 aromatic heterocycles. The van der Waals surface area contributed by atoms with Crippen molar-refractivity contribution in [3.63, 3.8) is 0 Å². The van der Waals surface area contributed by atoms with Gasteiger partial charge in [-0.3, -0.25) is 4.79 Å². The smallest absolute Gasteiger partial charge is 0.416 e.